The van der Waals surface area contributed by atoms with Crippen LogP contribution in [-0.2, 0) is 9.84 Å². The van der Waals surface area contributed by atoms with Crippen molar-refractivity contribution in [1.29, 1.82) is 0 Å². The van der Waals surface area contributed by atoms with Crippen molar-refractivity contribution >= 4 is 9.84 Å². The highest BCUT2D eigenvalue weighted by Gasteiger charge is 2.26. The molecule has 1 aromatic rings. The average molecular weight is 241 g/mol. The lowest BCUT2D eigenvalue weighted by molar-refractivity contribution is 0.553. The topological polar surface area (TPSA) is 60.2 Å². The van der Waals surface area contributed by atoms with Crippen molar-refractivity contribution in [3.63, 3.8) is 0 Å². The van der Waals surface area contributed by atoms with Crippen LogP contribution in [0.25, 0.3) is 0 Å². The van der Waals surface area contributed by atoms with Crippen LogP contribution >= 0.6 is 0 Å². The smallest absolute Gasteiger partial charge is 0.152 e. The van der Waals surface area contributed by atoms with Crippen LogP contribution in [0.2, 0.25) is 0 Å². The predicted octanol–water partition coefficient (Wildman–Crippen LogP) is 1.82. The molecule has 2 atom stereocenters. The molecule has 0 heterocycles. The lowest BCUT2D eigenvalue weighted by Gasteiger charge is -2.21. The summed E-state index contributed by atoms with van der Waals surface area (Å²) in [6.45, 7) is 3.82. The minimum Gasteiger partial charge on any atom is -0.323 e. The molecule has 0 spiro atoms. The molecule has 0 amide bonds. The minimum atomic E-state index is -3.10. The molecule has 0 aliphatic carbocycles. The molecule has 0 fully saturated rings. The highest BCUT2D eigenvalue weighted by molar-refractivity contribution is 7.91. The van der Waals surface area contributed by atoms with Crippen molar-refractivity contribution in [2.45, 2.75) is 31.6 Å². The van der Waals surface area contributed by atoms with Gasteiger partial charge in [-0.3, -0.25) is 0 Å². The summed E-state index contributed by atoms with van der Waals surface area (Å²) < 4.78 is 23.2. The van der Waals surface area contributed by atoms with Gasteiger partial charge < -0.3 is 5.73 Å². The van der Waals surface area contributed by atoms with Gasteiger partial charge >= 0.3 is 0 Å². The Kier molecular flexibility index (Phi) is 4.10. The molecule has 0 aliphatic heterocycles. The highest BCUT2D eigenvalue weighted by Crippen LogP contribution is 2.22. The molecule has 3 nitrogen and oxygen atoms in total. The summed E-state index contributed by atoms with van der Waals surface area (Å²) in [7, 11) is -3.10. The third-order valence-corrected chi connectivity index (χ3v) is 4.51. The van der Waals surface area contributed by atoms with E-state index in [4.69, 9.17) is 5.73 Å². The highest BCUT2D eigenvalue weighted by atomic mass is 32.2. The summed E-state index contributed by atoms with van der Waals surface area (Å²) in [4.78, 5) is 0. The van der Waals surface area contributed by atoms with Crippen molar-refractivity contribution < 1.29 is 8.42 Å². The first kappa shape index (κ1) is 13.2. The van der Waals surface area contributed by atoms with Gasteiger partial charge in [0.05, 0.1) is 5.25 Å². The van der Waals surface area contributed by atoms with Crippen molar-refractivity contribution in [2.24, 2.45) is 5.73 Å². The number of hydrogen-bond acceptors (Lipinski definition) is 3. The Hall–Kier alpha value is -0.870. The molecular formula is C12H19NO2S. The molecule has 0 aliphatic rings. The Labute approximate surface area is 97.6 Å². The van der Waals surface area contributed by atoms with Crippen molar-refractivity contribution in [1.82, 2.24) is 0 Å². The molecule has 2 N–H and O–H groups in total. The van der Waals surface area contributed by atoms with Crippen LogP contribution in [0, 0.1) is 6.92 Å². The number of rotatable bonds is 4. The van der Waals surface area contributed by atoms with Crippen LogP contribution in [0.4, 0.5) is 0 Å². The van der Waals surface area contributed by atoms with Crippen molar-refractivity contribution in [3.05, 3.63) is 35.4 Å². The zero-order chi connectivity index (χ0) is 12.3. The maximum Gasteiger partial charge on any atom is 0.152 e. The average Bonchev–Trinajstić information content (AvgIpc) is 2.16. The largest absolute Gasteiger partial charge is 0.323 e. The van der Waals surface area contributed by atoms with E-state index in [9.17, 15) is 8.42 Å². The van der Waals surface area contributed by atoms with Gasteiger partial charge in [0.25, 0.3) is 0 Å². The first-order valence-corrected chi connectivity index (χ1v) is 7.32. The van der Waals surface area contributed by atoms with E-state index in [1.165, 1.54) is 6.26 Å². The molecular weight excluding hydrogens is 222 g/mol. The Morgan fingerprint density at radius 2 is 2.00 bits per heavy atom. The summed E-state index contributed by atoms with van der Waals surface area (Å²) in [5.41, 5.74) is 8.01. The van der Waals surface area contributed by atoms with Crippen LogP contribution in [-0.4, -0.2) is 19.9 Å². The monoisotopic (exact) mass is 241 g/mol. The van der Waals surface area contributed by atoms with E-state index in [0.717, 1.165) is 11.1 Å². The van der Waals surface area contributed by atoms with Crippen LogP contribution in [0.5, 0.6) is 0 Å². The first-order chi connectivity index (χ1) is 7.36. The molecule has 0 saturated heterocycles. The van der Waals surface area contributed by atoms with Gasteiger partial charge in [-0.15, -0.1) is 0 Å². The molecule has 0 saturated carbocycles. The van der Waals surface area contributed by atoms with Crippen LogP contribution in [0.1, 0.15) is 30.5 Å². The molecule has 4 heteroatoms. The van der Waals surface area contributed by atoms with Crippen LogP contribution in [0.15, 0.2) is 24.3 Å². The normalized spacial score (nSPS) is 15.8. The second-order valence-electron chi connectivity index (χ2n) is 4.22. The fourth-order valence-electron chi connectivity index (χ4n) is 1.92. The number of benzene rings is 1. The molecule has 1 aromatic carbocycles. The van der Waals surface area contributed by atoms with Crippen molar-refractivity contribution in [2.75, 3.05) is 6.26 Å². The van der Waals surface area contributed by atoms with Gasteiger partial charge in [-0.1, -0.05) is 36.8 Å². The molecule has 0 unspecified atom stereocenters. The van der Waals surface area contributed by atoms with Gasteiger partial charge in [0.2, 0.25) is 0 Å². The van der Waals surface area contributed by atoms with Gasteiger partial charge in [-0.2, -0.15) is 0 Å². The number of aryl methyl sites for hydroxylation is 1. The summed E-state index contributed by atoms with van der Waals surface area (Å²) >= 11 is 0. The number of nitrogens with two attached hydrogens (primary N) is 1. The maximum absolute atomic E-state index is 11.6. The summed E-state index contributed by atoms with van der Waals surface area (Å²) in [5, 5.41) is -0.505. The summed E-state index contributed by atoms with van der Waals surface area (Å²) in [6.07, 6.45) is 1.78. The summed E-state index contributed by atoms with van der Waals surface area (Å²) in [6, 6.07) is 7.25. The lowest BCUT2D eigenvalue weighted by atomic mass is 10.0. The van der Waals surface area contributed by atoms with Crippen molar-refractivity contribution in [3.8, 4) is 0 Å². The summed E-state index contributed by atoms with van der Waals surface area (Å²) in [5.74, 6) is 0. The van der Waals surface area contributed by atoms with Gasteiger partial charge in [0, 0.05) is 12.3 Å². The van der Waals surface area contributed by atoms with Gasteiger partial charge in [0.1, 0.15) is 0 Å². The Morgan fingerprint density at radius 1 is 1.38 bits per heavy atom. The molecule has 90 valence electrons. The third kappa shape index (κ3) is 3.06. The van der Waals surface area contributed by atoms with Gasteiger partial charge in [-0.25, -0.2) is 8.42 Å². The maximum atomic E-state index is 11.6. The first-order valence-electron chi connectivity index (χ1n) is 5.37. The fourth-order valence-corrected chi connectivity index (χ4v) is 3.21. The second kappa shape index (κ2) is 4.97. The zero-order valence-corrected chi connectivity index (χ0v) is 10.8. The predicted molar refractivity (Wildman–Crippen MR) is 67.0 cm³/mol. The molecule has 0 bridgehead atoms. The molecule has 16 heavy (non-hydrogen) atoms. The van der Waals surface area contributed by atoms with E-state index in [0.29, 0.717) is 6.42 Å². The Bertz CT molecular complexity index is 454. The van der Waals surface area contributed by atoms with Gasteiger partial charge in [0.15, 0.2) is 9.84 Å². The van der Waals surface area contributed by atoms with E-state index >= 15 is 0 Å². The van der Waals surface area contributed by atoms with E-state index in [2.05, 4.69) is 0 Å². The fraction of sp³-hybridized carbons (Fsp3) is 0.500. The standard InChI is InChI=1S/C12H19NO2S/c1-4-11(16(3,14)15)12(13)10-7-5-6-9(2)8-10/h5-8,11-12H,4,13H2,1-3H3/t11-,12+/m0/s1. The molecule has 0 aromatic heterocycles. The third-order valence-electron chi connectivity index (χ3n) is 2.78. The van der Waals surface area contributed by atoms with E-state index in [-0.39, 0.29) is 0 Å². The van der Waals surface area contributed by atoms with E-state index in [1.807, 2.05) is 38.1 Å². The van der Waals surface area contributed by atoms with E-state index < -0.39 is 21.1 Å². The number of sulfone groups is 1. The van der Waals surface area contributed by atoms with E-state index in [1.54, 1.807) is 0 Å². The van der Waals surface area contributed by atoms with Crippen LogP contribution in [0.3, 0.4) is 0 Å². The number of hydrogen-bond donors (Lipinski definition) is 1. The minimum absolute atomic E-state index is 0.445. The Balaban J connectivity index is 3.05. The Morgan fingerprint density at radius 3 is 2.44 bits per heavy atom. The van der Waals surface area contributed by atoms with Crippen LogP contribution < -0.4 is 5.73 Å². The zero-order valence-electron chi connectivity index (χ0n) is 9.97. The lowest BCUT2D eigenvalue weighted by Crippen LogP contribution is -2.32. The molecule has 1 rings (SSSR count). The SMILES string of the molecule is CC[C@@H]([C@H](N)c1cccc(C)c1)S(C)(=O)=O. The second-order valence-corrected chi connectivity index (χ2v) is 6.48. The van der Waals surface area contributed by atoms with Gasteiger partial charge in [-0.05, 0) is 18.9 Å². The molecule has 0 radical (unpaired) electrons. The quantitative estimate of drug-likeness (QED) is 0.874.